The van der Waals surface area contributed by atoms with Crippen LogP contribution in [0.15, 0.2) is 45.7 Å². The second-order valence-electron chi connectivity index (χ2n) is 4.10. The Morgan fingerprint density at radius 2 is 1.78 bits per heavy atom. The normalized spacial score (nSPS) is 11.7. The van der Waals surface area contributed by atoms with Crippen LogP contribution in [0.1, 0.15) is 17.1 Å². The highest BCUT2D eigenvalue weighted by Gasteiger charge is 2.19. The number of hydrogen-bond acceptors (Lipinski definition) is 4. The largest absolute Gasteiger partial charge is 0.464 e. The molecule has 0 spiro atoms. The van der Waals surface area contributed by atoms with Crippen LogP contribution in [-0.4, -0.2) is 8.42 Å². The zero-order chi connectivity index (χ0) is 13.2. The van der Waals surface area contributed by atoms with Crippen LogP contribution in [0.5, 0.6) is 0 Å². The van der Waals surface area contributed by atoms with Crippen molar-refractivity contribution in [1.82, 2.24) is 0 Å². The first-order valence-corrected chi connectivity index (χ1v) is 7.24. The van der Waals surface area contributed by atoms with Gasteiger partial charge in [-0.25, -0.2) is 8.42 Å². The van der Waals surface area contributed by atoms with Gasteiger partial charge >= 0.3 is 0 Å². The molecule has 2 rings (SSSR count). The minimum absolute atomic E-state index is 0.141. The van der Waals surface area contributed by atoms with Gasteiger partial charge in [-0.3, -0.25) is 0 Å². The van der Waals surface area contributed by atoms with Crippen molar-refractivity contribution in [2.24, 2.45) is 5.73 Å². The summed E-state index contributed by atoms with van der Waals surface area (Å²) in [5, 5.41) is 0. The smallest absolute Gasteiger partial charge is 0.185 e. The van der Waals surface area contributed by atoms with Crippen molar-refractivity contribution in [3.8, 4) is 0 Å². The standard InChI is InChI=1S/C13H15NO3S/c1-10-4-2-3-5-13(10)18(15,16)9-12-7-6-11(8-14)17-12/h2-7H,8-9,14H2,1H3. The van der Waals surface area contributed by atoms with E-state index in [4.69, 9.17) is 10.2 Å². The van der Waals surface area contributed by atoms with Gasteiger partial charge in [0.15, 0.2) is 9.84 Å². The zero-order valence-electron chi connectivity index (χ0n) is 10.1. The van der Waals surface area contributed by atoms with E-state index in [-0.39, 0.29) is 12.3 Å². The lowest BCUT2D eigenvalue weighted by Gasteiger charge is -2.05. The molecule has 2 aromatic rings. The summed E-state index contributed by atoms with van der Waals surface area (Å²) in [5.41, 5.74) is 6.16. The Hall–Kier alpha value is -1.59. The minimum Gasteiger partial charge on any atom is -0.464 e. The van der Waals surface area contributed by atoms with Gasteiger partial charge in [-0.1, -0.05) is 18.2 Å². The first kappa shape index (κ1) is 12.9. The number of furan rings is 1. The molecule has 0 bridgehead atoms. The predicted molar refractivity (Wildman–Crippen MR) is 68.7 cm³/mol. The fourth-order valence-corrected chi connectivity index (χ4v) is 3.31. The van der Waals surface area contributed by atoms with Gasteiger partial charge in [0.05, 0.1) is 11.4 Å². The third-order valence-corrected chi connectivity index (χ3v) is 4.47. The van der Waals surface area contributed by atoms with E-state index in [9.17, 15) is 8.42 Å². The number of sulfone groups is 1. The molecule has 1 heterocycles. The SMILES string of the molecule is Cc1ccccc1S(=O)(=O)Cc1ccc(CN)o1. The number of hydrogen-bond donors (Lipinski definition) is 1. The van der Waals surface area contributed by atoms with Gasteiger partial charge in [0, 0.05) is 0 Å². The summed E-state index contributed by atoms with van der Waals surface area (Å²) >= 11 is 0. The van der Waals surface area contributed by atoms with Crippen LogP contribution in [0.3, 0.4) is 0 Å². The van der Waals surface area contributed by atoms with E-state index in [2.05, 4.69) is 0 Å². The molecule has 0 aliphatic heterocycles. The Morgan fingerprint density at radius 1 is 1.11 bits per heavy atom. The molecule has 18 heavy (non-hydrogen) atoms. The quantitative estimate of drug-likeness (QED) is 0.917. The lowest BCUT2D eigenvalue weighted by atomic mass is 10.2. The van der Waals surface area contributed by atoms with Gasteiger partial charge in [-0.2, -0.15) is 0 Å². The Bertz CT molecular complexity index is 644. The maximum Gasteiger partial charge on any atom is 0.185 e. The molecule has 4 nitrogen and oxygen atoms in total. The molecule has 0 saturated heterocycles. The third-order valence-electron chi connectivity index (χ3n) is 2.68. The highest BCUT2D eigenvalue weighted by Crippen LogP contribution is 2.20. The predicted octanol–water partition coefficient (Wildman–Crippen LogP) is 2.02. The highest BCUT2D eigenvalue weighted by molar-refractivity contribution is 7.90. The molecule has 0 saturated carbocycles. The van der Waals surface area contributed by atoms with Crippen molar-refractivity contribution >= 4 is 9.84 Å². The summed E-state index contributed by atoms with van der Waals surface area (Å²) in [6.07, 6.45) is 0. The Morgan fingerprint density at radius 3 is 2.39 bits per heavy atom. The molecule has 0 atom stereocenters. The fourth-order valence-electron chi connectivity index (χ4n) is 1.78. The number of rotatable bonds is 4. The highest BCUT2D eigenvalue weighted by atomic mass is 32.2. The van der Waals surface area contributed by atoms with Crippen LogP contribution in [-0.2, 0) is 22.1 Å². The summed E-state index contributed by atoms with van der Waals surface area (Å²) < 4.78 is 29.8. The molecule has 1 aromatic heterocycles. The molecule has 1 aromatic carbocycles. The summed E-state index contributed by atoms with van der Waals surface area (Å²) in [6, 6.07) is 10.3. The van der Waals surface area contributed by atoms with E-state index in [0.717, 1.165) is 5.56 Å². The maximum absolute atomic E-state index is 12.2. The zero-order valence-corrected chi connectivity index (χ0v) is 10.9. The van der Waals surface area contributed by atoms with Gasteiger partial charge in [0.25, 0.3) is 0 Å². The Labute approximate surface area is 106 Å². The van der Waals surface area contributed by atoms with Crippen molar-refractivity contribution in [2.45, 2.75) is 24.1 Å². The van der Waals surface area contributed by atoms with E-state index in [0.29, 0.717) is 16.4 Å². The Kier molecular flexibility index (Phi) is 3.54. The first-order valence-electron chi connectivity index (χ1n) is 5.59. The van der Waals surface area contributed by atoms with Gasteiger partial charge in [-0.05, 0) is 30.7 Å². The van der Waals surface area contributed by atoms with E-state index in [1.54, 1.807) is 37.3 Å². The Balaban J connectivity index is 2.30. The van der Waals surface area contributed by atoms with E-state index in [1.807, 2.05) is 6.07 Å². The number of nitrogens with two attached hydrogens (primary N) is 1. The topological polar surface area (TPSA) is 73.3 Å². The second kappa shape index (κ2) is 4.96. The van der Waals surface area contributed by atoms with Crippen LogP contribution >= 0.6 is 0 Å². The van der Waals surface area contributed by atoms with Gasteiger partial charge < -0.3 is 10.2 Å². The van der Waals surface area contributed by atoms with Gasteiger partial charge in [0.1, 0.15) is 17.3 Å². The van der Waals surface area contributed by atoms with Gasteiger partial charge in [0.2, 0.25) is 0 Å². The summed E-state index contributed by atoms with van der Waals surface area (Å²) in [7, 11) is -3.37. The van der Waals surface area contributed by atoms with E-state index in [1.165, 1.54) is 0 Å². The lowest BCUT2D eigenvalue weighted by Crippen LogP contribution is -2.06. The molecule has 96 valence electrons. The van der Waals surface area contributed by atoms with E-state index >= 15 is 0 Å². The van der Waals surface area contributed by atoms with Gasteiger partial charge in [-0.15, -0.1) is 0 Å². The fraction of sp³-hybridized carbons (Fsp3) is 0.231. The van der Waals surface area contributed by atoms with Crippen LogP contribution in [0.4, 0.5) is 0 Å². The molecule has 0 fully saturated rings. The molecular formula is C13H15NO3S. The summed E-state index contributed by atoms with van der Waals surface area (Å²) in [5.74, 6) is 0.862. The number of aryl methyl sites for hydroxylation is 1. The molecule has 0 radical (unpaired) electrons. The number of benzene rings is 1. The van der Waals surface area contributed by atoms with Crippen molar-refractivity contribution in [2.75, 3.05) is 0 Å². The summed E-state index contributed by atoms with van der Waals surface area (Å²) in [4.78, 5) is 0.343. The van der Waals surface area contributed by atoms with Crippen molar-refractivity contribution in [3.05, 3.63) is 53.5 Å². The summed E-state index contributed by atoms with van der Waals surface area (Å²) in [6.45, 7) is 2.05. The maximum atomic E-state index is 12.2. The van der Waals surface area contributed by atoms with Crippen LogP contribution in [0.25, 0.3) is 0 Å². The van der Waals surface area contributed by atoms with Crippen molar-refractivity contribution in [1.29, 1.82) is 0 Å². The van der Waals surface area contributed by atoms with Crippen molar-refractivity contribution in [3.63, 3.8) is 0 Å². The molecule has 2 N–H and O–H groups in total. The molecular weight excluding hydrogens is 250 g/mol. The van der Waals surface area contributed by atoms with Crippen LogP contribution in [0.2, 0.25) is 0 Å². The second-order valence-corrected chi connectivity index (χ2v) is 6.05. The lowest BCUT2D eigenvalue weighted by molar-refractivity contribution is 0.477. The minimum atomic E-state index is -3.37. The monoisotopic (exact) mass is 265 g/mol. The third kappa shape index (κ3) is 2.63. The first-order chi connectivity index (χ1) is 8.53. The van der Waals surface area contributed by atoms with Crippen LogP contribution in [0, 0.1) is 6.92 Å². The molecule has 0 unspecified atom stereocenters. The van der Waals surface area contributed by atoms with Crippen LogP contribution < -0.4 is 5.73 Å². The molecule has 5 heteroatoms. The average molecular weight is 265 g/mol. The molecule has 0 aliphatic carbocycles. The average Bonchev–Trinajstić information content (AvgIpc) is 2.76. The van der Waals surface area contributed by atoms with E-state index < -0.39 is 9.84 Å². The van der Waals surface area contributed by atoms with Crippen molar-refractivity contribution < 1.29 is 12.8 Å². The molecule has 0 amide bonds. The molecule has 0 aliphatic rings.